The van der Waals surface area contributed by atoms with Crippen molar-refractivity contribution in [1.82, 2.24) is 40.2 Å². The lowest BCUT2D eigenvalue weighted by Crippen LogP contribution is -2.21. The Hall–Kier alpha value is -4.00. The summed E-state index contributed by atoms with van der Waals surface area (Å²) in [6.07, 6.45) is 9.16. The van der Waals surface area contributed by atoms with Crippen molar-refractivity contribution in [3.05, 3.63) is 66.0 Å². The Kier molecular flexibility index (Phi) is 5.78. The minimum Gasteiger partial charge on any atom is -0.335 e. The van der Waals surface area contributed by atoms with Crippen molar-refractivity contribution in [1.29, 1.82) is 0 Å². The summed E-state index contributed by atoms with van der Waals surface area (Å²) in [7, 11) is -3.42. The molecular weight excluding hydrogens is 495 g/mol. The first-order chi connectivity index (χ1) is 17.8. The highest BCUT2D eigenvalue weighted by Crippen LogP contribution is 2.32. The van der Waals surface area contributed by atoms with Gasteiger partial charge in [0, 0.05) is 30.2 Å². The molecule has 0 unspecified atom stereocenters. The summed E-state index contributed by atoms with van der Waals surface area (Å²) in [4.78, 5) is 17.0. The number of benzene rings is 1. The Morgan fingerprint density at radius 3 is 2.81 bits per heavy atom. The fourth-order valence-electron chi connectivity index (χ4n) is 4.51. The third kappa shape index (κ3) is 4.73. The number of rotatable bonds is 6. The van der Waals surface area contributed by atoms with Crippen LogP contribution < -0.4 is 10.0 Å². The average Bonchev–Trinajstić information content (AvgIpc) is 3.51. The molecule has 10 nitrogen and oxygen atoms in total. The molecule has 0 amide bonds. The van der Waals surface area contributed by atoms with E-state index < -0.39 is 15.8 Å². The first-order valence-electron chi connectivity index (χ1n) is 11.7. The van der Waals surface area contributed by atoms with Gasteiger partial charge >= 0.3 is 0 Å². The van der Waals surface area contributed by atoms with Crippen LogP contribution in [-0.2, 0) is 16.6 Å². The Morgan fingerprint density at radius 2 is 2.00 bits per heavy atom. The van der Waals surface area contributed by atoms with Crippen LogP contribution in [0.25, 0.3) is 50.2 Å². The minimum atomic E-state index is -3.42. The fourth-order valence-corrected chi connectivity index (χ4v) is 4.94. The van der Waals surface area contributed by atoms with Crippen molar-refractivity contribution in [3.8, 4) is 22.6 Å². The molecule has 0 bridgehead atoms. The lowest BCUT2D eigenvalue weighted by Gasteiger charge is -2.13. The second kappa shape index (κ2) is 9.14. The standard InChI is InChI=1S/C25H23FN8O2S/c1-37(35,36)30-10-14-6-16(8-17(26)7-14)19-11-28-12-22-23(19)32-25(31-22)24-18-9-20(15-2-4-27-5-3-15)29-13-21(18)33-34-24/h2,6-9,11-13,27,30H,3-5,10H2,1H3,(H,31,32)(H,33,34). The van der Waals surface area contributed by atoms with E-state index in [0.717, 1.165) is 42.4 Å². The molecule has 4 N–H and O–H groups in total. The van der Waals surface area contributed by atoms with Gasteiger partial charge in [-0.2, -0.15) is 5.10 Å². The molecular formula is C25H23FN8O2S. The van der Waals surface area contributed by atoms with E-state index in [4.69, 9.17) is 4.98 Å². The van der Waals surface area contributed by atoms with Crippen LogP contribution in [0.4, 0.5) is 4.39 Å². The molecule has 0 saturated heterocycles. The number of H-pyrrole nitrogens is 2. The number of halogens is 1. The maximum Gasteiger partial charge on any atom is 0.209 e. The number of nitrogens with zero attached hydrogens (tertiary/aromatic N) is 4. The van der Waals surface area contributed by atoms with E-state index in [2.05, 4.69) is 41.3 Å². The van der Waals surface area contributed by atoms with Gasteiger partial charge in [-0.25, -0.2) is 22.5 Å². The van der Waals surface area contributed by atoms with E-state index in [-0.39, 0.29) is 6.54 Å². The fraction of sp³-hybridized carbons (Fsp3) is 0.200. The molecule has 5 aromatic rings. The van der Waals surface area contributed by atoms with E-state index in [9.17, 15) is 12.8 Å². The Labute approximate surface area is 211 Å². The number of sulfonamides is 1. The normalized spacial score (nSPS) is 14.4. The lowest BCUT2D eigenvalue weighted by molar-refractivity contribution is 0.586. The predicted molar refractivity (Wildman–Crippen MR) is 139 cm³/mol. The summed E-state index contributed by atoms with van der Waals surface area (Å²) in [5.74, 6) is 0.0587. The van der Waals surface area contributed by atoms with Crippen molar-refractivity contribution in [3.63, 3.8) is 0 Å². The molecule has 0 saturated carbocycles. The van der Waals surface area contributed by atoms with Crippen LogP contribution in [-0.4, -0.2) is 57.9 Å². The van der Waals surface area contributed by atoms with Crippen molar-refractivity contribution in [2.24, 2.45) is 0 Å². The topological polar surface area (TPSA) is 141 Å². The number of aromatic nitrogens is 6. The second-order valence-corrected chi connectivity index (χ2v) is 10.8. The monoisotopic (exact) mass is 518 g/mol. The number of pyridine rings is 2. The van der Waals surface area contributed by atoms with Crippen LogP contribution in [0.15, 0.2) is 48.9 Å². The van der Waals surface area contributed by atoms with E-state index in [0.29, 0.717) is 39.2 Å². The van der Waals surface area contributed by atoms with Crippen LogP contribution in [0.2, 0.25) is 0 Å². The third-order valence-electron chi connectivity index (χ3n) is 6.27. The number of imidazole rings is 1. The zero-order valence-corrected chi connectivity index (χ0v) is 20.7. The van der Waals surface area contributed by atoms with Gasteiger partial charge < -0.3 is 10.3 Å². The Bertz CT molecular complexity index is 1790. The molecule has 1 aliphatic rings. The zero-order valence-electron chi connectivity index (χ0n) is 19.8. The summed E-state index contributed by atoms with van der Waals surface area (Å²) in [6.45, 7) is 1.70. The van der Waals surface area contributed by atoms with Gasteiger partial charge in [-0.05, 0) is 53.9 Å². The third-order valence-corrected chi connectivity index (χ3v) is 6.93. The zero-order chi connectivity index (χ0) is 25.6. The molecule has 0 atom stereocenters. The molecule has 0 aliphatic carbocycles. The number of nitrogens with one attached hydrogen (secondary N) is 4. The molecule has 37 heavy (non-hydrogen) atoms. The van der Waals surface area contributed by atoms with Gasteiger partial charge in [-0.3, -0.25) is 15.1 Å². The summed E-state index contributed by atoms with van der Waals surface area (Å²) >= 11 is 0. The summed E-state index contributed by atoms with van der Waals surface area (Å²) < 4.78 is 39.8. The molecule has 0 radical (unpaired) electrons. The van der Waals surface area contributed by atoms with Crippen molar-refractivity contribution in [2.75, 3.05) is 19.3 Å². The average molecular weight is 519 g/mol. The highest BCUT2D eigenvalue weighted by atomic mass is 32.2. The number of fused-ring (bicyclic) bond motifs is 2. The van der Waals surface area contributed by atoms with E-state index in [1.165, 1.54) is 17.7 Å². The Morgan fingerprint density at radius 1 is 1.11 bits per heavy atom. The van der Waals surface area contributed by atoms with Crippen LogP contribution >= 0.6 is 0 Å². The second-order valence-electron chi connectivity index (χ2n) is 8.98. The Balaban J connectivity index is 1.42. The van der Waals surface area contributed by atoms with Crippen molar-refractivity contribution in [2.45, 2.75) is 13.0 Å². The highest BCUT2D eigenvalue weighted by Gasteiger charge is 2.18. The van der Waals surface area contributed by atoms with Crippen LogP contribution in [0.1, 0.15) is 17.7 Å². The molecule has 12 heteroatoms. The summed E-state index contributed by atoms with van der Waals surface area (Å²) in [5, 5.41) is 11.7. The number of hydrogen-bond donors (Lipinski definition) is 4. The first-order valence-corrected chi connectivity index (χ1v) is 13.6. The van der Waals surface area contributed by atoms with Gasteiger partial charge in [-0.1, -0.05) is 6.08 Å². The maximum atomic E-state index is 14.5. The van der Waals surface area contributed by atoms with Gasteiger partial charge in [0.2, 0.25) is 10.0 Å². The van der Waals surface area contributed by atoms with E-state index >= 15 is 0 Å². The first kappa shape index (κ1) is 23.4. The SMILES string of the molecule is CS(=O)(=O)NCc1cc(F)cc(-c2cncc3[nH]c(-c4n[nH]c5cnc(C6=CCNCC6)cc45)nc23)c1. The summed E-state index contributed by atoms with van der Waals surface area (Å²) in [5.41, 5.74) is 6.44. The molecule has 1 aromatic carbocycles. The predicted octanol–water partition coefficient (Wildman–Crippen LogP) is 3.13. The van der Waals surface area contributed by atoms with Gasteiger partial charge in [0.05, 0.1) is 40.9 Å². The summed E-state index contributed by atoms with van der Waals surface area (Å²) in [6, 6.07) is 6.42. The largest absolute Gasteiger partial charge is 0.335 e. The molecule has 5 heterocycles. The number of hydrogen-bond acceptors (Lipinski definition) is 7. The highest BCUT2D eigenvalue weighted by molar-refractivity contribution is 7.88. The minimum absolute atomic E-state index is 0.0268. The van der Waals surface area contributed by atoms with Crippen LogP contribution in [0.3, 0.4) is 0 Å². The van der Waals surface area contributed by atoms with Crippen LogP contribution in [0, 0.1) is 5.82 Å². The maximum absolute atomic E-state index is 14.5. The quantitative estimate of drug-likeness (QED) is 0.271. The van der Waals surface area contributed by atoms with Gasteiger partial charge in [0.15, 0.2) is 5.82 Å². The molecule has 6 rings (SSSR count). The molecule has 4 aromatic heterocycles. The smallest absolute Gasteiger partial charge is 0.209 e. The van der Waals surface area contributed by atoms with Gasteiger partial charge in [0.1, 0.15) is 11.5 Å². The van der Waals surface area contributed by atoms with Gasteiger partial charge in [0.25, 0.3) is 0 Å². The van der Waals surface area contributed by atoms with E-state index in [1.807, 2.05) is 6.07 Å². The number of aromatic amines is 2. The molecule has 0 spiro atoms. The molecule has 0 fully saturated rings. The lowest BCUT2D eigenvalue weighted by atomic mass is 10.0. The van der Waals surface area contributed by atoms with Crippen LogP contribution in [0.5, 0.6) is 0 Å². The van der Waals surface area contributed by atoms with Crippen molar-refractivity contribution < 1.29 is 12.8 Å². The van der Waals surface area contributed by atoms with E-state index in [1.54, 1.807) is 24.7 Å². The van der Waals surface area contributed by atoms with Gasteiger partial charge in [-0.15, -0.1) is 0 Å². The molecule has 188 valence electrons. The molecule has 1 aliphatic heterocycles. The van der Waals surface area contributed by atoms with Crippen molar-refractivity contribution >= 4 is 37.5 Å².